The Labute approximate surface area is 143 Å². The fourth-order valence-electron chi connectivity index (χ4n) is 5.20. The van der Waals surface area contributed by atoms with E-state index in [2.05, 4.69) is 19.6 Å². The van der Waals surface area contributed by atoms with Gasteiger partial charge in [-0.3, -0.25) is 0 Å². The van der Waals surface area contributed by atoms with Crippen LogP contribution in [-0.2, 0) is 9.53 Å². The topological polar surface area (TPSA) is 66.8 Å². The predicted molar refractivity (Wildman–Crippen MR) is 92.1 cm³/mol. The highest BCUT2D eigenvalue weighted by molar-refractivity contribution is 5.93. The third-order valence-electron chi connectivity index (χ3n) is 6.78. The highest BCUT2D eigenvalue weighted by atomic mass is 16.5. The molecule has 3 aliphatic rings. The largest absolute Gasteiger partial charge is 0.458 e. The summed E-state index contributed by atoms with van der Waals surface area (Å²) in [6, 6.07) is 0. The smallest absolute Gasteiger partial charge is 0.338 e. The van der Waals surface area contributed by atoms with Crippen LogP contribution in [0.15, 0.2) is 36.0 Å². The molecule has 3 rings (SSSR count). The summed E-state index contributed by atoms with van der Waals surface area (Å²) in [5.41, 5.74) is 1.24. The van der Waals surface area contributed by atoms with Gasteiger partial charge in [0.1, 0.15) is 6.61 Å². The summed E-state index contributed by atoms with van der Waals surface area (Å²) in [6.45, 7) is 8.87. The van der Waals surface area contributed by atoms with Gasteiger partial charge in [-0.1, -0.05) is 38.2 Å². The minimum atomic E-state index is -0.481. The normalized spacial score (nSPS) is 42.8. The van der Waals surface area contributed by atoms with Gasteiger partial charge < -0.3 is 14.9 Å². The highest BCUT2D eigenvalue weighted by Gasteiger charge is 2.57. The van der Waals surface area contributed by atoms with Gasteiger partial charge in [0.25, 0.3) is 0 Å². The number of rotatable bonds is 3. The van der Waals surface area contributed by atoms with Gasteiger partial charge in [0.2, 0.25) is 0 Å². The van der Waals surface area contributed by atoms with E-state index in [1.54, 1.807) is 6.08 Å². The number of aliphatic hydroxyl groups is 2. The first-order chi connectivity index (χ1) is 11.3. The van der Waals surface area contributed by atoms with E-state index in [4.69, 9.17) is 4.74 Å². The maximum atomic E-state index is 11.7. The lowest BCUT2D eigenvalue weighted by Gasteiger charge is -2.59. The maximum Gasteiger partial charge on any atom is 0.338 e. The van der Waals surface area contributed by atoms with Gasteiger partial charge in [0.15, 0.2) is 0 Å². The van der Waals surface area contributed by atoms with E-state index in [1.165, 1.54) is 5.57 Å². The van der Waals surface area contributed by atoms with Crippen molar-refractivity contribution in [2.75, 3.05) is 13.2 Å². The molecule has 2 aliphatic carbocycles. The average molecular weight is 332 g/mol. The predicted octanol–water partition coefficient (Wildman–Crippen LogP) is 2.77. The number of ether oxygens (including phenoxy) is 1. The van der Waals surface area contributed by atoms with Crippen LogP contribution in [0, 0.1) is 22.7 Å². The van der Waals surface area contributed by atoms with E-state index in [9.17, 15) is 15.0 Å². The second-order valence-corrected chi connectivity index (χ2v) is 8.07. The molecule has 2 fully saturated rings. The van der Waals surface area contributed by atoms with Crippen LogP contribution in [0.1, 0.15) is 39.5 Å². The molecule has 1 aliphatic heterocycles. The minimum absolute atomic E-state index is 0.00515. The molecule has 0 amide bonds. The number of fused-ring (bicyclic) bond motifs is 1. The molecule has 4 heteroatoms. The number of esters is 1. The lowest BCUT2D eigenvalue weighted by atomic mass is 9.46. The first kappa shape index (κ1) is 17.4. The molecule has 0 aromatic heterocycles. The van der Waals surface area contributed by atoms with E-state index in [1.807, 2.05) is 13.0 Å². The van der Waals surface area contributed by atoms with E-state index in [0.29, 0.717) is 18.6 Å². The molecule has 3 unspecified atom stereocenters. The second kappa shape index (κ2) is 6.16. The molecule has 0 bridgehead atoms. The zero-order valence-corrected chi connectivity index (χ0v) is 14.6. The Morgan fingerprint density at radius 2 is 2.17 bits per heavy atom. The van der Waals surface area contributed by atoms with Crippen LogP contribution >= 0.6 is 0 Å². The van der Waals surface area contributed by atoms with Crippen molar-refractivity contribution in [2.24, 2.45) is 22.7 Å². The van der Waals surface area contributed by atoms with Gasteiger partial charge in [-0.15, -0.1) is 0 Å². The number of cyclic esters (lactones) is 1. The summed E-state index contributed by atoms with van der Waals surface area (Å²) in [5.74, 6) is 0.0981. The highest BCUT2D eigenvalue weighted by Crippen LogP contribution is 2.61. The minimum Gasteiger partial charge on any atom is -0.458 e. The zero-order valence-electron chi connectivity index (χ0n) is 14.6. The molecule has 24 heavy (non-hydrogen) atoms. The Kier molecular flexibility index (Phi) is 4.47. The van der Waals surface area contributed by atoms with Gasteiger partial charge in [-0.2, -0.15) is 0 Å². The lowest BCUT2D eigenvalue weighted by molar-refractivity contribution is -0.145. The van der Waals surface area contributed by atoms with Gasteiger partial charge in [0, 0.05) is 11.3 Å². The first-order valence-electron chi connectivity index (χ1n) is 8.85. The summed E-state index contributed by atoms with van der Waals surface area (Å²) in [5, 5.41) is 20.5. The number of aliphatic hydroxyl groups excluding tert-OH is 2. The second-order valence-electron chi connectivity index (χ2n) is 8.07. The Hall–Kier alpha value is -1.39. The van der Waals surface area contributed by atoms with E-state index in [-0.39, 0.29) is 29.8 Å². The Morgan fingerprint density at radius 1 is 1.42 bits per heavy atom. The van der Waals surface area contributed by atoms with Gasteiger partial charge >= 0.3 is 5.97 Å². The van der Waals surface area contributed by atoms with Gasteiger partial charge in [-0.05, 0) is 43.1 Å². The summed E-state index contributed by atoms with van der Waals surface area (Å²) in [6.07, 6.45) is 8.69. The van der Waals surface area contributed by atoms with E-state index >= 15 is 0 Å². The molecular weight excluding hydrogens is 304 g/mol. The van der Waals surface area contributed by atoms with Crippen LogP contribution in [0.5, 0.6) is 0 Å². The van der Waals surface area contributed by atoms with Crippen LogP contribution in [0.2, 0.25) is 0 Å². The van der Waals surface area contributed by atoms with Gasteiger partial charge in [-0.25, -0.2) is 4.79 Å². The molecule has 0 spiro atoms. The molecule has 4 nitrogen and oxygen atoms in total. The molecule has 0 saturated heterocycles. The molecule has 0 aromatic carbocycles. The van der Waals surface area contributed by atoms with Crippen molar-refractivity contribution in [3.05, 3.63) is 36.0 Å². The van der Waals surface area contributed by atoms with Crippen molar-refractivity contribution in [1.29, 1.82) is 0 Å². The van der Waals surface area contributed by atoms with Crippen molar-refractivity contribution in [3.8, 4) is 0 Å². The Bertz CT molecular complexity index is 605. The maximum absolute atomic E-state index is 11.7. The molecule has 1 heterocycles. The number of carbonyl (C=O) groups is 1. The van der Waals surface area contributed by atoms with Crippen LogP contribution in [0.3, 0.4) is 0 Å². The van der Waals surface area contributed by atoms with Crippen molar-refractivity contribution < 1.29 is 19.7 Å². The third-order valence-corrected chi connectivity index (χ3v) is 6.78. The number of hydrogen-bond donors (Lipinski definition) is 2. The molecule has 0 aromatic rings. The van der Waals surface area contributed by atoms with Crippen LogP contribution in [0.25, 0.3) is 0 Å². The molecule has 2 N–H and O–H groups in total. The summed E-state index contributed by atoms with van der Waals surface area (Å²) in [4.78, 5) is 11.7. The molecule has 0 radical (unpaired) electrons. The Balaban J connectivity index is 1.92. The lowest BCUT2D eigenvalue weighted by Crippen LogP contribution is -2.57. The van der Waals surface area contributed by atoms with E-state index in [0.717, 1.165) is 19.3 Å². The quantitative estimate of drug-likeness (QED) is 0.616. The van der Waals surface area contributed by atoms with Gasteiger partial charge in [0.05, 0.1) is 18.3 Å². The molecule has 132 valence electrons. The van der Waals surface area contributed by atoms with Crippen molar-refractivity contribution in [2.45, 2.75) is 45.6 Å². The standard InChI is InChI=1S/C20H28O4/c1-13-4-7-16-19(2,10-8-17(22)20(16,3)12-21)15(13)6-5-14-9-11-24-18(14)23/h5-6,9,15-17,21-22H,1,4,7-8,10-12H2,2-3H3/t15?,16?,17?,19-,20-/m0/s1. The zero-order chi connectivity index (χ0) is 17.5. The van der Waals surface area contributed by atoms with Crippen LogP contribution in [-0.4, -0.2) is 35.5 Å². The van der Waals surface area contributed by atoms with Crippen molar-refractivity contribution >= 4 is 5.97 Å². The molecule has 2 saturated carbocycles. The van der Waals surface area contributed by atoms with Crippen LogP contribution < -0.4 is 0 Å². The Morgan fingerprint density at radius 3 is 2.79 bits per heavy atom. The fourth-order valence-corrected chi connectivity index (χ4v) is 5.20. The third kappa shape index (κ3) is 2.56. The summed E-state index contributed by atoms with van der Waals surface area (Å²) >= 11 is 0. The SMILES string of the molecule is C=C1CCC2[C@@](C)(CCC(O)[C@@]2(C)CO)C1C=CC1=CCOC1=O. The number of carbonyl (C=O) groups excluding carboxylic acids is 1. The first-order valence-corrected chi connectivity index (χ1v) is 8.85. The number of allylic oxidation sites excluding steroid dienone is 2. The molecule has 5 atom stereocenters. The molecular formula is C20H28O4. The average Bonchev–Trinajstić information content (AvgIpc) is 2.96. The summed E-state index contributed by atoms with van der Waals surface area (Å²) in [7, 11) is 0. The van der Waals surface area contributed by atoms with Crippen molar-refractivity contribution in [1.82, 2.24) is 0 Å². The van der Waals surface area contributed by atoms with Crippen molar-refractivity contribution in [3.63, 3.8) is 0 Å². The van der Waals surface area contributed by atoms with E-state index < -0.39 is 11.5 Å². The summed E-state index contributed by atoms with van der Waals surface area (Å²) < 4.78 is 4.96. The van der Waals surface area contributed by atoms with Crippen LogP contribution in [0.4, 0.5) is 0 Å². The fraction of sp³-hybridized carbons (Fsp3) is 0.650. The number of hydrogen-bond acceptors (Lipinski definition) is 4. The monoisotopic (exact) mass is 332 g/mol.